The minimum absolute atomic E-state index is 0.888. The lowest BCUT2D eigenvalue weighted by molar-refractivity contribution is 1.14. The summed E-state index contributed by atoms with van der Waals surface area (Å²) in [5.41, 5.74) is 6.57. The van der Waals surface area contributed by atoms with E-state index in [2.05, 4.69) is 58.5 Å². The van der Waals surface area contributed by atoms with Crippen LogP contribution in [0.3, 0.4) is 0 Å². The highest BCUT2D eigenvalue weighted by molar-refractivity contribution is 6.11. The van der Waals surface area contributed by atoms with Crippen molar-refractivity contribution in [3.63, 3.8) is 0 Å². The molecular weight excluding hydrogens is 308 g/mol. The number of fused-ring (bicyclic) bond motifs is 6. The second kappa shape index (κ2) is 5.11. The number of rotatable bonds is 1. The molecule has 0 radical (unpaired) electrons. The number of aromatic nitrogens is 4. The monoisotopic (exact) mass is 324 g/mol. The fourth-order valence-corrected chi connectivity index (χ4v) is 3.76. The molecule has 0 spiro atoms. The van der Waals surface area contributed by atoms with Gasteiger partial charge in [0.2, 0.25) is 0 Å². The molecule has 0 saturated carbocycles. The van der Waals surface area contributed by atoms with Crippen molar-refractivity contribution in [2.45, 2.75) is 13.8 Å². The van der Waals surface area contributed by atoms with Crippen molar-refractivity contribution in [2.75, 3.05) is 0 Å². The molecule has 3 heterocycles. The van der Waals surface area contributed by atoms with E-state index in [1.54, 1.807) is 6.33 Å². The van der Waals surface area contributed by atoms with Gasteiger partial charge in [0.1, 0.15) is 17.6 Å². The largest absolute Gasteiger partial charge is 0.276 e. The highest BCUT2D eigenvalue weighted by Crippen LogP contribution is 2.33. The first-order valence-electron chi connectivity index (χ1n) is 8.30. The first-order chi connectivity index (χ1) is 12.3. The fourth-order valence-electron chi connectivity index (χ4n) is 3.76. The highest BCUT2D eigenvalue weighted by Gasteiger charge is 2.17. The lowest BCUT2D eigenvalue weighted by Crippen LogP contribution is -1.98. The molecule has 0 bridgehead atoms. The van der Waals surface area contributed by atoms with Gasteiger partial charge in [0.25, 0.3) is 0 Å². The van der Waals surface area contributed by atoms with Crippen LogP contribution in [0, 0.1) is 13.8 Å². The number of aryl methyl sites for hydroxylation is 2. The van der Waals surface area contributed by atoms with Crippen LogP contribution in [0.2, 0.25) is 0 Å². The SMILES string of the molecule is Cc1cccc(C)c1-c1cnc2c3ccccc3c3cncnc3n12. The lowest BCUT2D eigenvalue weighted by atomic mass is 10.0. The minimum Gasteiger partial charge on any atom is -0.276 e. The molecule has 5 rings (SSSR count). The number of hydrogen-bond acceptors (Lipinski definition) is 3. The van der Waals surface area contributed by atoms with Crippen LogP contribution in [0.5, 0.6) is 0 Å². The smallest absolute Gasteiger partial charge is 0.150 e. The Labute approximate surface area is 144 Å². The summed E-state index contributed by atoms with van der Waals surface area (Å²) in [7, 11) is 0. The predicted molar refractivity (Wildman–Crippen MR) is 101 cm³/mol. The quantitative estimate of drug-likeness (QED) is 0.419. The molecular formula is C21H16N4. The molecule has 0 unspecified atom stereocenters. The van der Waals surface area contributed by atoms with E-state index in [-0.39, 0.29) is 0 Å². The topological polar surface area (TPSA) is 43.1 Å². The van der Waals surface area contributed by atoms with Crippen LogP contribution in [0.4, 0.5) is 0 Å². The summed E-state index contributed by atoms with van der Waals surface area (Å²) in [6.45, 7) is 4.28. The van der Waals surface area contributed by atoms with E-state index in [9.17, 15) is 0 Å². The van der Waals surface area contributed by atoms with Crippen LogP contribution >= 0.6 is 0 Å². The van der Waals surface area contributed by atoms with Gasteiger partial charge in [-0.25, -0.2) is 15.0 Å². The van der Waals surface area contributed by atoms with E-state index in [0.717, 1.165) is 33.1 Å². The number of imidazole rings is 1. The van der Waals surface area contributed by atoms with E-state index in [4.69, 9.17) is 4.98 Å². The third-order valence-electron chi connectivity index (χ3n) is 4.86. The van der Waals surface area contributed by atoms with Crippen LogP contribution in [0.15, 0.2) is 61.2 Å². The van der Waals surface area contributed by atoms with E-state index in [1.807, 2.05) is 24.5 Å². The average molecular weight is 324 g/mol. The Balaban J connectivity index is 2.05. The van der Waals surface area contributed by atoms with Crippen molar-refractivity contribution >= 4 is 27.5 Å². The maximum Gasteiger partial charge on any atom is 0.150 e. The Kier molecular flexibility index (Phi) is 2.88. The van der Waals surface area contributed by atoms with Gasteiger partial charge in [-0.3, -0.25) is 4.40 Å². The van der Waals surface area contributed by atoms with E-state index < -0.39 is 0 Å². The van der Waals surface area contributed by atoms with Crippen LogP contribution in [0.1, 0.15) is 11.1 Å². The van der Waals surface area contributed by atoms with Gasteiger partial charge in [-0.2, -0.15) is 0 Å². The van der Waals surface area contributed by atoms with Crippen molar-refractivity contribution in [3.05, 3.63) is 72.3 Å². The van der Waals surface area contributed by atoms with E-state index in [0.29, 0.717) is 0 Å². The van der Waals surface area contributed by atoms with Gasteiger partial charge >= 0.3 is 0 Å². The van der Waals surface area contributed by atoms with Crippen LogP contribution < -0.4 is 0 Å². The Bertz CT molecular complexity index is 1250. The van der Waals surface area contributed by atoms with Crippen molar-refractivity contribution in [1.29, 1.82) is 0 Å². The normalized spacial score (nSPS) is 11.6. The molecule has 0 aliphatic rings. The summed E-state index contributed by atoms with van der Waals surface area (Å²) < 4.78 is 2.16. The third kappa shape index (κ3) is 1.91. The number of hydrogen-bond donors (Lipinski definition) is 0. The molecule has 0 amide bonds. The molecule has 3 aromatic heterocycles. The standard InChI is InChI=1S/C21H16N4/c1-13-6-5-7-14(2)19(13)18-11-23-20-16-9-4-3-8-15(16)17-10-22-12-24-21(17)25(18)20/h3-12H,1-2H3. The van der Waals surface area contributed by atoms with Crippen LogP contribution in [-0.2, 0) is 0 Å². The van der Waals surface area contributed by atoms with Gasteiger partial charge in [-0.15, -0.1) is 0 Å². The third-order valence-corrected chi connectivity index (χ3v) is 4.86. The molecule has 4 nitrogen and oxygen atoms in total. The summed E-state index contributed by atoms with van der Waals surface area (Å²) in [6.07, 6.45) is 5.45. The predicted octanol–water partition coefficient (Wildman–Crippen LogP) is 4.71. The van der Waals surface area contributed by atoms with Gasteiger partial charge in [0, 0.05) is 22.5 Å². The number of pyridine rings is 1. The van der Waals surface area contributed by atoms with Crippen LogP contribution in [-0.4, -0.2) is 19.4 Å². The molecule has 120 valence electrons. The van der Waals surface area contributed by atoms with Gasteiger partial charge in [-0.05, 0) is 30.4 Å². The van der Waals surface area contributed by atoms with Gasteiger partial charge < -0.3 is 0 Å². The minimum atomic E-state index is 0.888. The number of nitrogens with zero attached hydrogens (tertiary/aromatic N) is 4. The Morgan fingerprint density at radius 3 is 2.24 bits per heavy atom. The highest BCUT2D eigenvalue weighted by atomic mass is 15.1. The first-order valence-corrected chi connectivity index (χ1v) is 8.30. The van der Waals surface area contributed by atoms with Crippen molar-refractivity contribution in [1.82, 2.24) is 19.4 Å². The second-order valence-electron chi connectivity index (χ2n) is 6.37. The van der Waals surface area contributed by atoms with E-state index >= 15 is 0 Å². The summed E-state index contributed by atoms with van der Waals surface area (Å²) in [5.74, 6) is 0. The molecule has 0 saturated heterocycles. The Morgan fingerprint density at radius 1 is 0.720 bits per heavy atom. The zero-order valence-corrected chi connectivity index (χ0v) is 14.1. The van der Waals surface area contributed by atoms with E-state index in [1.165, 1.54) is 16.7 Å². The molecule has 5 aromatic rings. The molecule has 0 N–H and O–H groups in total. The summed E-state index contributed by atoms with van der Waals surface area (Å²) in [6, 6.07) is 14.7. The zero-order valence-electron chi connectivity index (χ0n) is 14.1. The first kappa shape index (κ1) is 14.1. The van der Waals surface area contributed by atoms with Crippen LogP contribution in [0.25, 0.3) is 38.7 Å². The maximum absolute atomic E-state index is 4.76. The summed E-state index contributed by atoms with van der Waals surface area (Å²) in [5, 5.41) is 3.28. The number of benzene rings is 2. The van der Waals surface area contributed by atoms with Gasteiger partial charge in [0.05, 0.1) is 11.9 Å². The van der Waals surface area contributed by atoms with Gasteiger partial charge in [0.15, 0.2) is 0 Å². The summed E-state index contributed by atoms with van der Waals surface area (Å²) in [4.78, 5) is 13.6. The van der Waals surface area contributed by atoms with Crippen molar-refractivity contribution in [2.24, 2.45) is 0 Å². The molecule has 2 aromatic carbocycles. The fraction of sp³-hybridized carbons (Fsp3) is 0.0952. The molecule has 0 fully saturated rings. The Morgan fingerprint density at radius 2 is 1.44 bits per heavy atom. The lowest BCUT2D eigenvalue weighted by Gasteiger charge is -2.12. The van der Waals surface area contributed by atoms with Crippen molar-refractivity contribution in [3.8, 4) is 11.3 Å². The molecule has 0 atom stereocenters. The maximum atomic E-state index is 4.76. The molecule has 25 heavy (non-hydrogen) atoms. The second-order valence-corrected chi connectivity index (χ2v) is 6.37. The zero-order chi connectivity index (χ0) is 17.0. The molecule has 0 aliphatic heterocycles. The van der Waals surface area contributed by atoms with Gasteiger partial charge in [-0.1, -0.05) is 42.5 Å². The molecule has 4 heteroatoms. The molecule has 0 aliphatic carbocycles. The Hall–Kier alpha value is -3.27. The van der Waals surface area contributed by atoms with Crippen molar-refractivity contribution < 1.29 is 0 Å². The summed E-state index contributed by atoms with van der Waals surface area (Å²) >= 11 is 0. The average Bonchev–Trinajstić information content (AvgIpc) is 3.07.